The Kier molecular flexibility index (Phi) is 2.74. The Labute approximate surface area is 81.0 Å². The standard InChI is InChI=1S/C9H19NO2S/c1-9(2,3)10(4)8-5-6-13(11,12)7-8/h8H,5-7H2,1-4H3. The van der Waals surface area contributed by atoms with Gasteiger partial charge in [0, 0.05) is 11.6 Å². The minimum absolute atomic E-state index is 0.0600. The summed E-state index contributed by atoms with van der Waals surface area (Å²) in [6, 6.07) is 0.213. The van der Waals surface area contributed by atoms with Crippen LogP contribution in [0.15, 0.2) is 0 Å². The molecule has 0 bridgehead atoms. The van der Waals surface area contributed by atoms with E-state index in [1.54, 1.807) is 0 Å². The third kappa shape index (κ3) is 2.68. The molecule has 1 atom stereocenters. The van der Waals surface area contributed by atoms with Crippen molar-refractivity contribution >= 4 is 9.84 Å². The molecular formula is C9H19NO2S. The fraction of sp³-hybridized carbons (Fsp3) is 1.00. The molecule has 1 rings (SSSR count). The molecule has 0 amide bonds. The molecule has 78 valence electrons. The van der Waals surface area contributed by atoms with Crippen molar-refractivity contribution in [2.75, 3.05) is 18.6 Å². The third-order valence-corrected chi connectivity index (χ3v) is 4.56. The van der Waals surface area contributed by atoms with Gasteiger partial charge in [-0.2, -0.15) is 0 Å². The summed E-state index contributed by atoms with van der Waals surface area (Å²) in [6.45, 7) is 6.33. The van der Waals surface area contributed by atoms with Gasteiger partial charge in [0.05, 0.1) is 11.5 Å². The van der Waals surface area contributed by atoms with Gasteiger partial charge in [-0.25, -0.2) is 8.42 Å². The quantitative estimate of drug-likeness (QED) is 0.638. The Morgan fingerprint density at radius 3 is 2.15 bits per heavy atom. The van der Waals surface area contributed by atoms with E-state index in [9.17, 15) is 8.42 Å². The highest BCUT2D eigenvalue weighted by molar-refractivity contribution is 7.91. The molecule has 0 aliphatic carbocycles. The van der Waals surface area contributed by atoms with Crippen molar-refractivity contribution in [1.82, 2.24) is 4.90 Å². The van der Waals surface area contributed by atoms with Crippen LogP contribution in [-0.4, -0.2) is 43.5 Å². The lowest BCUT2D eigenvalue weighted by Crippen LogP contribution is -2.45. The predicted octanol–water partition coefficient (Wildman–Crippen LogP) is 0.904. The number of hydrogen-bond donors (Lipinski definition) is 0. The number of rotatable bonds is 1. The minimum atomic E-state index is -2.74. The molecule has 0 radical (unpaired) electrons. The van der Waals surface area contributed by atoms with Crippen molar-refractivity contribution in [2.45, 2.75) is 38.8 Å². The fourth-order valence-corrected chi connectivity index (χ4v) is 3.40. The summed E-state index contributed by atoms with van der Waals surface area (Å²) < 4.78 is 22.5. The SMILES string of the molecule is CN(C1CCS(=O)(=O)C1)C(C)(C)C. The molecule has 4 heteroatoms. The van der Waals surface area contributed by atoms with E-state index in [0.717, 1.165) is 6.42 Å². The topological polar surface area (TPSA) is 37.4 Å². The zero-order chi connectivity index (χ0) is 10.3. The molecule has 1 aliphatic heterocycles. The minimum Gasteiger partial charge on any atom is -0.298 e. The average molecular weight is 205 g/mol. The molecule has 1 heterocycles. The van der Waals surface area contributed by atoms with Crippen LogP contribution < -0.4 is 0 Å². The molecule has 3 nitrogen and oxygen atoms in total. The second-order valence-corrected chi connectivity index (χ2v) is 7.07. The first-order valence-corrected chi connectivity index (χ1v) is 6.48. The van der Waals surface area contributed by atoms with Crippen molar-refractivity contribution in [1.29, 1.82) is 0 Å². The van der Waals surface area contributed by atoms with E-state index in [-0.39, 0.29) is 11.6 Å². The Balaban J connectivity index is 2.67. The van der Waals surface area contributed by atoms with Gasteiger partial charge < -0.3 is 0 Å². The molecule has 0 spiro atoms. The van der Waals surface area contributed by atoms with Gasteiger partial charge in [-0.3, -0.25) is 4.90 Å². The molecule has 0 aromatic rings. The Morgan fingerprint density at radius 2 is 1.85 bits per heavy atom. The summed E-state index contributed by atoms with van der Waals surface area (Å²) in [6.07, 6.45) is 0.788. The van der Waals surface area contributed by atoms with E-state index in [4.69, 9.17) is 0 Å². The highest BCUT2D eigenvalue weighted by Gasteiger charge is 2.34. The molecular weight excluding hydrogens is 186 g/mol. The third-order valence-electron chi connectivity index (χ3n) is 2.81. The Bertz CT molecular complexity index is 276. The van der Waals surface area contributed by atoms with Crippen molar-refractivity contribution in [3.63, 3.8) is 0 Å². The summed E-state index contributed by atoms with van der Waals surface area (Å²) in [5, 5.41) is 0. The smallest absolute Gasteiger partial charge is 0.151 e. The number of sulfone groups is 1. The summed E-state index contributed by atoms with van der Waals surface area (Å²) in [5.74, 6) is 0.693. The number of nitrogens with zero attached hydrogens (tertiary/aromatic N) is 1. The second-order valence-electron chi connectivity index (χ2n) is 4.84. The van der Waals surface area contributed by atoms with E-state index in [1.165, 1.54) is 0 Å². The van der Waals surface area contributed by atoms with Crippen LogP contribution in [0.2, 0.25) is 0 Å². The Morgan fingerprint density at radius 1 is 1.31 bits per heavy atom. The molecule has 1 fully saturated rings. The lowest BCUT2D eigenvalue weighted by molar-refractivity contribution is 0.129. The van der Waals surface area contributed by atoms with E-state index < -0.39 is 9.84 Å². The van der Waals surface area contributed by atoms with Gasteiger partial charge in [-0.1, -0.05) is 0 Å². The van der Waals surface area contributed by atoms with Crippen LogP contribution in [0.4, 0.5) is 0 Å². The summed E-state index contributed by atoms with van der Waals surface area (Å²) in [7, 11) is -0.737. The van der Waals surface area contributed by atoms with Crippen molar-refractivity contribution in [2.24, 2.45) is 0 Å². The predicted molar refractivity (Wildman–Crippen MR) is 54.6 cm³/mol. The molecule has 13 heavy (non-hydrogen) atoms. The molecule has 0 aromatic heterocycles. The van der Waals surface area contributed by atoms with Gasteiger partial charge in [0.1, 0.15) is 0 Å². The van der Waals surface area contributed by atoms with Crippen LogP contribution in [0.25, 0.3) is 0 Å². The summed E-state index contributed by atoms with van der Waals surface area (Å²) >= 11 is 0. The van der Waals surface area contributed by atoms with Crippen LogP contribution in [0.3, 0.4) is 0 Å². The highest BCUT2D eigenvalue weighted by Crippen LogP contribution is 2.22. The van der Waals surface area contributed by atoms with Gasteiger partial charge in [-0.15, -0.1) is 0 Å². The van der Waals surface area contributed by atoms with Gasteiger partial charge >= 0.3 is 0 Å². The molecule has 0 saturated carbocycles. The zero-order valence-electron chi connectivity index (χ0n) is 8.87. The maximum Gasteiger partial charge on any atom is 0.151 e. The lowest BCUT2D eigenvalue weighted by atomic mass is 10.0. The maximum atomic E-state index is 11.2. The van der Waals surface area contributed by atoms with Crippen LogP contribution in [0, 0.1) is 0 Å². The summed E-state index contributed by atoms with van der Waals surface area (Å²) in [4.78, 5) is 2.16. The summed E-state index contributed by atoms with van der Waals surface area (Å²) in [5.41, 5.74) is 0.0600. The average Bonchev–Trinajstić information content (AvgIpc) is 2.26. The van der Waals surface area contributed by atoms with Crippen LogP contribution in [0.1, 0.15) is 27.2 Å². The van der Waals surface area contributed by atoms with Crippen molar-refractivity contribution < 1.29 is 8.42 Å². The van der Waals surface area contributed by atoms with E-state index in [2.05, 4.69) is 25.7 Å². The van der Waals surface area contributed by atoms with Gasteiger partial charge in [0.25, 0.3) is 0 Å². The molecule has 1 saturated heterocycles. The highest BCUT2D eigenvalue weighted by atomic mass is 32.2. The monoisotopic (exact) mass is 205 g/mol. The van der Waals surface area contributed by atoms with E-state index in [1.807, 2.05) is 7.05 Å². The second kappa shape index (κ2) is 3.24. The van der Waals surface area contributed by atoms with E-state index in [0.29, 0.717) is 11.5 Å². The largest absolute Gasteiger partial charge is 0.298 e. The van der Waals surface area contributed by atoms with Crippen molar-refractivity contribution in [3.8, 4) is 0 Å². The molecule has 1 unspecified atom stereocenters. The van der Waals surface area contributed by atoms with Gasteiger partial charge in [0.15, 0.2) is 9.84 Å². The van der Waals surface area contributed by atoms with Gasteiger partial charge in [0.2, 0.25) is 0 Å². The van der Waals surface area contributed by atoms with Crippen molar-refractivity contribution in [3.05, 3.63) is 0 Å². The first-order chi connectivity index (χ1) is 5.72. The lowest BCUT2D eigenvalue weighted by Gasteiger charge is -2.36. The molecule has 0 aromatic carbocycles. The normalized spacial score (nSPS) is 28.2. The van der Waals surface area contributed by atoms with Crippen LogP contribution in [-0.2, 0) is 9.84 Å². The first-order valence-electron chi connectivity index (χ1n) is 4.66. The van der Waals surface area contributed by atoms with E-state index >= 15 is 0 Å². The first kappa shape index (κ1) is 11.0. The molecule has 0 N–H and O–H groups in total. The number of hydrogen-bond acceptors (Lipinski definition) is 3. The Hall–Kier alpha value is -0.0900. The van der Waals surface area contributed by atoms with Gasteiger partial charge in [-0.05, 0) is 34.2 Å². The maximum absolute atomic E-state index is 11.2. The molecule has 1 aliphatic rings. The zero-order valence-corrected chi connectivity index (χ0v) is 9.69. The fourth-order valence-electron chi connectivity index (χ4n) is 1.63. The van der Waals surface area contributed by atoms with Crippen LogP contribution >= 0.6 is 0 Å². The van der Waals surface area contributed by atoms with Crippen LogP contribution in [0.5, 0.6) is 0 Å².